The third-order valence-corrected chi connectivity index (χ3v) is 5.13. The van der Waals surface area contributed by atoms with Crippen molar-refractivity contribution in [3.05, 3.63) is 42.4 Å². The van der Waals surface area contributed by atoms with Gasteiger partial charge in [-0.2, -0.15) is 5.10 Å². The molecule has 2 saturated carbocycles. The molecule has 3 heterocycles. The molecule has 1 N–H and O–H groups in total. The highest BCUT2D eigenvalue weighted by atomic mass is 15.2. The topological polar surface area (TPSA) is 55.1 Å². The first-order chi connectivity index (χ1) is 11.9. The van der Waals surface area contributed by atoms with Crippen LogP contribution in [0.3, 0.4) is 0 Å². The van der Waals surface area contributed by atoms with Gasteiger partial charge in [-0.05, 0) is 43.9 Å². The van der Waals surface area contributed by atoms with E-state index >= 15 is 0 Å². The Morgan fingerprint density at radius 2 is 1.92 bits per heavy atom. The van der Waals surface area contributed by atoms with Crippen LogP contribution in [-0.2, 0) is 0 Å². The molecular weight excluding hydrogens is 298 g/mol. The van der Waals surface area contributed by atoms with Gasteiger partial charge in [-0.1, -0.05) is 18.9 Å². The average molecular weight is 319 g/mol. The Morgan fingerprint density at radius 1 is 1.04 bits per heavy atom. The molecule has 0 saturated heterocycles. The van der Waals surface area contributed by atoms with Gasteiger partial charge in [0.1, 0.15) is 0 Å². The lowest BCUT2D eigenvalue weighted by molar-refractivity contribution is 0.744. The molecule has 3 aromatic rings. The van der Waals surface area contributed by atoms with Gasteiger partial charge in [-0.3, -0.25) is 0 Å². The molecule has 0 unspecified atom stereocenters. The van der Waals surface area contributed by atoms with Crippen molar-refractivity contribution in [2.75, 3.05) is 5.32 Å². The Morgan fingerprint density at radius 3 is 2.75 bits per heavy atom. The van der Waals surface area contributed by atoms with Gasteiger partial charge < -0.3 is 5.32 Å². The molecule has 2 aliphatic carbocycles. The van der Waals surface area contributed by atoms with Crippen LogP contribution in [0, 0.1) is 0 Å². The number of rotatable bonds is 4. The van der Waals surface area contributed by atoms with E-state index in [1.807, 2.05) is 29.0 Å². The van der Waals surface area contributed by atoms with Crippen LogP contribution in [0.2, 0.25) is 0 Å². The van der Waals surface area contributed by atoms with E-state index in [4.69, 9.17) is 10.1 Å². The molecule has 24 heavy (non-hydrogen) atoms. The molecule has 5 heteroatoms. The SMILES string of the molecule is c1ccn2nc(C3CC3)c(-c3ccnc(NC4CCCC4)n3)c2c1. The molecule has 0 bridgehead atoms. The van der Waals surface area contributed by atoms with Gasteiger partial charge in [0.25, 0.3) is 0 Å². The molecular formula is C19H21N5. The van der Waals surface area contributed by atoms with Gasteiger partial charge >= 0.3 is 0 Å². The van der Waals surface area contributed by atoms with Crippen LogP contribution < -0.4 is 5.32 Å². The number of hydrogen-bond donors (Lipinski definition) is 1. The summed E-state index contributed by atoms with van der Waals surface area (Å²) in [6.45, 7) is 0. The molecule has 122 valence electrons. The van der Waals surface area contributed by atoms with Gasteiger partial charge in [0.05, 0.1) is 16.9 Å². The highest BCUT2D eigenvalue weighted by molar-refractivity contribution is 5.81. The van der Waals surface area contributed by atoms with Crippen molar-refractivity contribution in [3.63, 3.8) is 0 Å². The summed E-state index contributed by atoms with van der Waals surface area (Å²) in [5.41, 5.74) is 4.47. The Kier molecular flexibility index (Phi) is 3.25. The van der Waals surface area contributed by atoms with Crippen LogP contribution in [0.5, 0.6) is 0 Å². The Labute approximate surface area is 141 Å². The van der Waals surface area contributed by atoms with Crippen LogP contribution in [-0.4, -0.2) is 25.6 Å². The van der Waals surface area contributed by atoms with Crippen LogP contribution in [0.4, 0.5) is 5.95 Å². The number of nitrogens with zero attached hydrogens (tertiary/aromatic N) is 4. The molecule has 0 spiro atoms. The maximum atomic E-state index is 4.82. The number of anilines is 1. The number of pyridine rings is 1. The predicted molar refractivity (Wildman–Crippen MR) is 94.1 cm³/mol. The summed E-state index contributed by atoms with van der Waals surface area (Å²) in [4.78, 5) is 9.26. The largest absolute Gasteiger partial charge is 0.351 e. The second-order valence-corrected chi connectivity index (χ2v) is 6.96. The molecule has 2 aliphatic rings. The minimum Gasteiger partial charge on any atom is -0.351 e. The van der Waals surface area contributed by atoms with Crippen LogP contribution >= 0.6 is 0 Å². The molecule has 3 aromatic heterocycles. The summed E-state index contributed by atoms with van der Waals surface area (Å²) in [5.74, 6) is 1.33. The fourth-order valence-corrected chi connectivity index (χ4v) is 3.74. The van der Waals surface area contributed by atoms with Crippen molar-refractivity contribution in [3.8, 4) is 11.3 Å². The van der Waals surface area contributed by atoms with E-state index < -0.39 is 0 Å². The average Bonchev–Trinajstić information content (AvgIpc) is 3.19. The highest BCUT2D eigenvalue weighted by Gasteiger charge is 2.31. The lowest BCUT2D eigenvalue weighted by Crippen LogP contribution is -2.16. The Bertz CT molecular complexity index is 874. The zero-order chi connectivity index (χ0) is 15.9. The molecule has 0 radical (unpaired) electrons. The quantitative estimate of drug-likeness (QED) is 0.789. The summed E-state index contributed by atoms with van der Waals surface area (Å²) in [6, 6.07) is 8.74. The van der Waals surface area contributed by atoms with E-state index in [2.05, 4.69) is 22.4 Å². The number of fused-ring (bicyclic) bond motifs is 1. The predicted octanol–water partition coefficient (Wildman–Crippen LogP) is 4.02. The summed E-state index contributed by atoms with van der Waals surface area (Å²) in [6.07, 6.45) is 11.4. The van der Waals surface area contributed by atoms with Crippen LogP contribution in [0.1, 0.15) is 50.1 Å². The molecule has 5 nitrogen and oxygen atoms in total. The first-order valence-corrected chi connectivity index (χ1v) is 8.96. The second kappa shape index (κ2) is 5.58. The van der Waals surface area contributed by atoms with Gasteiger partial charge in [0.2, 0.25) is 5.95 Å². The van der Waals surface area contributed by atoms with E-state index in [-0.39, 0.29) is 0 Å². The van der Waals surface area contributed by atoms with Gasteiger partial charge in [-0.25, -0.2) is 14.5 Å². The standard InChI is InChI=1S/C19H21N5/c1-2-6-14(5-1)21-19-20-11-10-15(22-19)17-16-7-3-4-12-24(16)23-18(17)13-8-9-13/h3-4,7,10-14H,1-2,5-6,8-9H2,(H,20,21,22). The number of nitrogens with one attached hydrogen (secondary N) is 1. The third-order valence-electron chi connectivity index (χ3n) is 5.13. The zero-order valence-electron chi connectivity index (χ0n) is 13.7. The normalized spacial score (nSPS) is 18.3. The second-order valence-electron chi connectivity index (χ2n) is 6.96. The van der Waals surface area contributed by atoms with Crippen molar-refractivity contribution in [2.24, 2.45) is 0 Å². The lowest BCUT2D eigenvalue weighted by Gasteiger charge is -2.12. The molecule has 2 fully saturated rings. The summed E-state index contributed by atoms with van der Waals surface area (Å²) in [7, 11) is 0. The fraction of sp³-hybridized carbons (Fsp3) is 0.421. The minimum absolute atomic E-state index is 0.520. The maximum Gasteiger partial charge on any atom is 0.223 e. The van der Waals surface area contributed by atoms with E-state index in [1.54, 1.807) is 0 Å². The number of aromatic nitrogens is 4. The van der Waals surface area contributed by atoms with E-state index in [0.29, 0.717) is 12.0 Å². The maximum absolute atomic E-state index is 4.82. The zero-order valence-corrected chi connectivity index (χ0v) is 13.7. The Hall–Kier alpha value is -2.43. The summed E-state index contributed by atoms with van der Waals surface area (Å²) in [5, 5.41) is 8.33. The lowest BCUT2D eigenvalue weighted by atomic mass is 10.1. The first kappa shape index (κ1) is 14.0. The first-order valence-electron chi connectivity index (χ1n) is 8.96. The van der Waals surface area contributed by atoms with Gasteiger partial charge in [-0.15, -0.1) is 0 Å². The molecule has 0 aromatic carbocycles. The summed E-state index contributed by atoms with van der Waals surface area (Å²) >= 11 is 0. The monoisotopic (exact) mass is 319 g/mol. The molecule has 0 atom stereocenters. The van der Waals surface area contributed by atoms with Crippen molar-refractivity contribution >= 4 is 11.5 Å². The Balaban J connectivity index is 1.58. The summed E-state index contributed by atoms with van der Waals surface area (Å²) < 4.78 is 1.98. The van der Waals surface area contributed by atoms with E-state index in [0.717, 1.165) is 17.2 Å². The van der Waals surface area contributed by atoms with Crippen molar-refractivity contribution < 1.29 is 0 Å². The van der Waals surface area contributed by atoms with Crippen molar-refractivity contribution in [1.82, 2.24) is 19.6 Å². The number of hydrogen-bond acceptors (Lipinski definition) is 4. The smallest absolute Gasteiger partial charge is 0.223 e. The van der Waals surface area contributed by atoms with Crippen LogP contribution in [0.15, 0.2) is 36.7 Å². The highest BCUT2D eigenvalue weighted by Crippen LogP contribution is 2.44. The third kappa shape index (κ3) is 2.44. The fourth-order valence-electron chi connectivity index (χ4n) is 3.74. The molecule has 0 amide bonds. The van der Waals surface area contributed by atoms with E-state index in [9.17, 15) is 0 Å². The van der Waals surface area contributed by atoms with Crippen LogP contribution in [0.25, 0.3) is 16.8 Å². The molecule has 5 rings (SSSR count). The van der Waals surface area contributed by atoms with Crippen molar-refractivity contribution in [2.45, 2.75) is 50.5 Å². The van der Waals surface area contributed by atoms with E-state index in [1.165, 1.54) is 49.8 Å². The minimum atomic E-state index is 0.520. The molecule has 0 aliphatic heterocycles. The van der Waals surface area contributed by atoms with Gasteiger partial charge in [0.15, 0.2) is 0 Å². The van der Waals surface area contributed by atoms with Crippen molar-refractivity contribution in [1.29, 1.82) is 0 Å². The van der Waals surface area contributed by atoms with Gasteiger partial charge in [0, 0.05) is 29.9 Å².